The number of rotatable bonds is 6. The van der Waals surface area contributed by atoms with E-state index in [-0.39, 0.29) is 0 Å². The SMILES string of the molecule is NCCCCCNc1ccc2c(c1)CCS2. The van der Waals surface area contributed by atoms with Crippen LogP contribution < -0.4 is 11.1 Å². The summed E-state index contributed by atoms with van der Waals surface area (Å²) in [5.41, 5.74) is 8.24. The Hall–Kier alpha value is -0.670. The van der Waals surface area contributed by atoms with E-state index in [2.05, 4.69) is 23.5 Å². The van der Waals surface area contributed by atoms with Gasteiger partial charge < -0.3 is 11.1 Å². The molecule has 0 fully saturated rings. The van der Waals surface area contributed by atoms with Crippen LogP contribution in [0.4, 0.5) is 5.69 Å². The van der Waals surface area contributed by atoms with E-state index in [1.807, 2.05) is 11.8 Å². The standard InChI is InChI=1S/C13H20N2S/c14-7-2-1-3-8-15-12-4-5-13-11(10-12)6-9-16-13/h4-5,10,15H,1-3,6-9,14H2. The van der Waals surface area contributed by atoms with Gasteiger partial charge in [0.1, 0.15) is 0 Å². The number of hydrogen-bond acceptors (Lipinski definition) is 3. The summed E-state index contributed by atoms with van der Waals surface area (Å²) < 4.78 is 0. The van der Waals surface area contributed by atoms with Crippen molar-refractivity contribution in [2.24, 2.45) is 5.73 Å². The van der Waals surface area contributed by atoms with Crippen molar-refractivity contribution in [3.63, 3.8) is 0 Å². The number of hydrogen-bond donors (Lipinski definition) is 2. The molecule has 0 aromatic heterocycles. The zero-order chi connectivity index (χ0) is 11.2. The predicted octanol–water partition coefficient (Wildman–Crippen LogP) is 2.88. The first-order valence-electron chi connectivity index (χ1n) is 6.10. The van der Waals surface area contributed by atoms with Crippen molar-refractivity contribution in [2.75, 3.05) is 24.2 Å². The number of fused-ring (bicyclic) bond motifs is 1. The molecular weight excluding hydrogens is 216 g/mol. The van der Waals surface area contributed by atoms with Crippen LogP contribution in [0.3, 0.4) is 0 Å². The molecule has 3 N–H and O–H groups in total. The zero-order valence-corrected chi connectivity index (χ0v) is 10.5. The summed E-state index contributed by atoms with van der Waals surface area (Å²) >= 11 is 1.97. The molecule has 0 spiro atoms. The van der Waals surface area contributed by atoms with Crippen molar-refractivity contribution in [1.82, 2.24) is 0 Å². The van der Waals surface area contributed by atoms with E-state index < -0.39 is 0 Å². The predicted molar refractivity (Wildman–Crippen MR) is 72.3 cm³/mol. The third kappa shape index (κ3) is 3.16. The minimum atomic E-state index is 0.816. The molecule has 0 radical (unpaired) electrons. The van der Waals surface area contributed by atoms with Crippen LogP contribution >= 0.6 is 11.8 Å². The van der Waals surface area contributed by atoms with Crippen LogP contribution in [-0.2, 0) is 6.42 Å². The first-order chi connectivity index (χ1) is 7.90. The number of unbranched alkanes of at least 4 members (excludes halogenated alkanes) is 2. The lowest BCUT2D eigenvalue weighted by Gasteiger charge is -2.07. The summed E-state index contributed by atoms with van der Waals surface area (Å²) in [4.78, 5) is 1.47. The van der Waals surface area contributed by atoms with Crippen LogP contribution in [0.25, 0.3) is 0 Å². The molecule has 3 heteroatoms. The van der Waals surface area contributed by atoms with Gasteiger partial charge in [-0.05, 0) is 49.6 Å². The maximum absolute atomic E-state index is 5.46. The van der Waals surface area contributed by atoms with Crippen LogP contribution in [-0.4, -0.2) is 18.8 Å². The largest absolute Gasteiger partial charge is 0.385 e. The van der Waals surface area contributed by atoms with Gasteiger partial charge in [-0.25, -0.2) is 0 Å². The van der Waals surface area contributed by atoms with Crippen molar-refractivity contribution < 1.29 is 0 Å². The highest BCUT2D eigenvalue weighted by atomic mass is 32.2. The Bertz CT molecular complexity index is 339. The molecule has 0 saturated carbocycles. The summed E-state index contributed by atoms with van der Waals surface area (Å²) in [6, 6.07) is 6.74. The van der Waals surface area contributed by atoms with E-state index in [1.54, 1.807) is 0 Å². The molecule has 16 heavy (non-hydrogen) atoms. The van der Waals surface area contributed by atoms with Crippen LogP contribution in [0.2, 0.25) is 0 Å². The molecule has 88 valence electrons. The Balaban J connectivity index is 1.77. The molecule has 0 atom stereocenters. The topological polar surface area (TPSA) is 38.0 Å². The number of aryl methyl sites for hydroxylation is 1. The van der Waals surface area contributed by atoms with E-state index in [9.17, 15) is 0 Å². The monoisotopic (exact) mass is 236 g/mol. The lowest BCUT2D eigenvalue weighted by atomic mass is 10.1. The van der Waals surface area contributed by atoms with Crippen LogP contribution in [0.1, 0.15) is 24.8 Å². The average molecular weight is 236 g/mol. The van der Waals surface area contributed by atoms with Gasteiger partial charge >= 0.3 is 0 Å². The third-order valence-electron chi connectivity index (χ3n) is 2.90. The number of nitrogens with one attached hydrogen (secondary N) is 1. The lowest BCUT2D eigenvalue weighted by Crippen LogP contribution is -2.04. The number of nitrogens with two attached hydrogens (primary N) is 1. The molecule has 1 heterocycles. The normalized spacial score (nSPS) is 13.8. The van der Waals surface area contributed by atoms with Crippen molar-refractivity contribution >= 4 is 17.4 Å². The van der Waals surface area contributed by atoms with Gasteiger partial charge in [0.2, 0.25) is 0 Å². The first kappa shape index (κ1) is 11.8. The van der Waals surface area contributed by atoms with Crippen LogP contribution in [0, 0.1) is 0 Å². The minimum absolute atomic E-state index is 0.816. The maximum Gasteiger partial charge on any atom is 0.0343 e. The summed E-state index contributed by atoms with van der Waals surface area (Å²) in [5, 5.41) is 3.48. The molecule has 2 nitrogen and oxygen atoms in total. The summed E-state index contributed by atoms with van der Waals surface area (Å²) in [7, 11) is 0. The number of anilines is 1. The fraction of sp³-hybridized carbons (Fsp3) is 0.538. The molecule has 0 bridgehead atoms. The van der Waals surface area contributed by atoms with E-state index in [0.29, 0.717) is 0 Å². The fourth-order valence-corrected chi connectivity index (χ4v) is 3.03. The quantitative estimate of drug-likeness (QED) is 0.746. The highest BCUT2D eigenvalue weighted by Gasteiger charge is 2.10. The molecular formula is C13H20N2S. The third-order valence-corrected chi connectivity index (χ3v) is 4.02. The first-order valence-corrected chi connectivity index (χ1v) is 7.08. The Kier molecular flexibility index (Phi) is 4.55. The van der Waals surface area contributed by atoms with Crippen LogP contribution in [0.5, 0.6) is 0 Å². The van der Waals surface area contributed by atoms with Gasteiger partial charge in [-0.1, -0.05) is 6.42 Å². The zero-order valence-electron chi connectivity index (χ0n) is 9.67. The molecule has 0 unspecified atom stereocenters. The van der Waals surface area contributed by atoms with Crippen molar-refractivity contribution in [1.29, 1.82) is 0 Å². The van der Waals surface area contributed by atoms with Gasteiger partial charge in [0.15, 0.2) is 0 Å². The lowest BCUT2D eigenvalue weighted by molar-refractivity contribution is 0.707. The molecule has 1 aromatic rings. The number of thioether (sulfide) groups is 1. The van der Waals surface area contributed by atoms with E-state index in [1.165, 1.54) is 41.2 Å². The van der Waals surface area contributed by atoms with Crippen molar-refractivity contribution in [3.8, 4) is 0 Å². The summed E-state index contributed by atoms with van der Waals surface area (Å²) in [6.45, 7) is 1.88. The van der Waals surface area contributed by atoms with Gasteiger partial charge in [-0.2, -0.15) is 0 Å². The molecule has 1 aliphatic heterocycles. The van der Waals surface area contributed by atoms with Gasteiger partial charge in [0.05, 0.1) is 0 Å². The number of benzene rings is 1. The van der Waals surface area contributed by atoms with Crippen molar-refractivity contribution in [3.05, 3.63) is 23.8 Å². The Morgan fingerprint density at radius 3 is 3.06 bits per heavy atom. The van der Waals surface area contributed by atoms with Crippen molar-refractivity contribution in [2.45, 2.75) is 30.6 Å². The summed E-state index contributed by atoms with van der Waals surface area (Å²) in [6.07, 6.45) is 4.80. The molecule has 2 rings (SSSR count). The second-order valence-electron chi connectivity index (χ2n) is 4.20. The molecule has 1 aromatic carbocycles. The Morgan fingerprint density at radius 2 is 2.19 bits per heavy atom. The van der Waals surface area contributed by atoms with Crippen LogP contribution in [0.15, 0.2) is 23.1 Å². The van der Waals surface area contributed by atoms with E-state index >= 15 is 0 Å². The average Bonchev–Trinajstić information content (AvgIpc) is 2.76. The fourth-order valence-electron chi connectivity index (χ4n) is 1.98. The van der Waals surface area contributed by atoms with E-state index in [0.717, 1.165) is 19.5 Å². The smallest absolute Gasteiger partial charge is 0.0343 e. The highest BCUT2D eigenvalue weighted by Crippen LogP contribution is 2.32. The van der Waals surface area contributed by atoms with E-state index in [4.69, 9.17) is 5.73 Å². The molecule has 0 saturated heterocycles. The minimum Gasteiger partial charge on any atom is -0.385 e. The second kappa shape index (κ2) is 6.16. The Morgan fingerprint density at radius 1 is 1.25 bits per heavy atom. The molecule has 0 aliphatic carbocycles. The Labute approximate surface area is 102 Å². The maximum atomic E-state index is 5.46. The van der Waals surface area contributed by atoms with Gasteiger partial charge in [-0.15, -0.1) is 11.8 Å². The van der Waals surface area contributed by atoms with Gasteiger partial charge in [0, 0.05) is 22.9 Å². The van der Waals surface area contributed by atoms with Gasteiger partial charge in [0.25, 0.3) is 0 Å². The molecule has 0 amide bonds. The summed E-state index contributed by atoms with van der Waals surface area (Å²) in [5.74, 6) is 1.25. The highest BCUT2D eigenvalue weighted by molar-refractivity contribution is 7.99. The van der Waals surface area contributed by atoms with Gasteiger partial charge in [-0.3, -0.25) is 0 Å². The second-order valence-corrected chi connectivity index (χ2v) is 5.33. The molecule has 1 aliphatic rings.